The van der Waals surface area contributed by atoms with E-state index >= 15 is 0 Å². The van der Waals surface area contributed by atoms with Crippen LogP contribution in [0.3, 0.4) is 0 Å². The number of rotatable bonds is 6. The summed E-state index contributed by atoms with van der Waals surface area (Å²) in [7, 11) is -3.32. The molecule has 1 unspecified atom stereocenters. The molecule has 100 valence electrons. The molecule has 0 aliphatic heterocycles. The number of ether oxygens (including phenoxy) is 1. The average Bonchev–Trinajstić information content (AvgIpc) is 2.27. The number of carboxylic acids is 1. The van der Waals surface area contributed by atoms with Crippen LogP contribution in [-0.4, -0.2) is 31.9 Å². The van der Waals surface area contributed by atoms with E-state index < -0.39 is 21.9 Å². The van der Waals surface area contributed by atoms with E-state index in [4.69, 9.17) is 9.84 Å². The summed E-state index contributed by atoms with van der Waals surface area (Å²) in [6.07, 6.45) is 1.18. The predicted molar refractivity (Wildman–Crippen MR) is 66.5 cm³/mol. The van der Waals surface area contributed by atoms with Gasteiger partial charge in [0.2, 0.25) is 0 Å². The number of carbonyl (C=O) groups is 1. The molecule has 1 aromatic rings. The molecule has 0 heterocycles. The van der Waals surface area contributed by atoms with E-state index in [1.54, 1.807) is 6.07 Å². The van der Waals surface area contributed by atoms with E-state index in [2.05, 4.69) is 0 Å². The van der Waals surface area contributed by atoms with Gasteiger partial charge >= 0.3 is 5.97 Å². The molecule has 0 aliphatic rings. The van der Waals surface area contributed by atoms with Gasteiger partial charge in [-0.25, -0.2) is 13.2 Å². The van der Waals surface area contributed by atoms with E-state index in [-0.39, 0.29) is 10.6 Å². The zero-order valence-corrected chi connectivity index (χ0v) is 11.1. The Hall–Kier alpha value is -1.56. The molecular formula is C12H16O5S. The first-order valence-electron chi connectivity index (χ1n) is 5.54. The second-order valence-corrected chi connectivity index (χ2v) is 6.00. The lowest BCUT2D eigenvalue weighted by atomic mass is 10.2. The first-order valence-corrected chi connectivity index (χ1v) is 7.43. The summed E-state index contributed by atoms with van der Waals surface area (Å²) in [4.78, 5) is 11.0. The number of carboxylic acid groups (broad SMARTS) is 1. The molecule has 0 fully saturated rings. The zero-order chi connectivity index (χ0) is 13.8. The van der Waals surface area contributed by atoms with Crippen molar-refractivity contribution in [2.45, 2.75) is 30.8 Å². The van der Waals surface area contributed by atoms with Crippen LogP contribution in [0, 0.1) is 0 Å². The molecule has 0 radical (unpaired) electrons. The van der Waals surface area contributed by atoms with Crippen molar-refractivity contribution in [1.29, 1.82) is 0 Å². The van der Waals surface area contributed by atoms with Crippen molar-refractivity contribution >= 4 is 15.8 Å². The molecule has 0 amide bonds. The van der Waals surface area contributed by atoms with Gasteiger partial charge in [0.05, 0.1) is 4.90 Å². The molecule has 1 N–H and O–H groups in total. The van der Waals surface area contributed by atoms with Gasteiger partial charge < -0.3 is 9.84 Å². The highest BCUT2D eigenvalue weighted by atomic mass is 32.2. The summed E-state index contributed by atoms with van der Waals surface area (Å²) in [5, 5.41) is 8.95. The summed E-state index contributed by atoms with van der Waals surface area (Å²) in [6, 6.07) is 5.84. The summed E-state index contributed by atoms with van der Waals surface area (Å²) >= 11 is 0. The Morgan fingerprint density at radius 1 is 1.44 bits per heavy atom. The summed E-state index contributed by atoms with van der Waals surface area (Å²) in [5.74, 6) is -0.805. The maximum absolute atomic E-state index is 11.4. The van der Waals surface area contributed by atoms with Crippen LogP contribution in [0.2, 0.25) is 0 Å². The van der Waals surface area contributed by atoms with Gasteiger partial charge in [-0.15, -0.1) is 0 Å². The highest BCUT2D eigenvalue weighted by Gasteiger charge is 2.18. The Morgan fingerprint density at radius 3 is 2.61 bits per heavy atom. The number of sulfone groups is 1. The van der Waals surface area contributed by atoms with Crippen molar-refractivity contribution in [1.82, 2.24) is 0 Å². The van der Waals surface area contributed by atoms with Crippen molar-refractivity contribution in [3.05, 3.63) is 24.3 Å². The quantitative estimate of drug-likeness (QED) is 0.852. The molecule has 1 aromatic carbocycles. The number of benzene rings is 1. The van der Waals surface area contributed by atoms with Crippen LogP contribution in [-0.2, 0) is 14.6 Å². The fourth-order valence-electron chi connectivity index (χ4n) is 1.44. The molecular weight excluding hydrogens is 256 g/mol. The molecule has 0 aromatic heterocycles. The largest absolute Gasteiger partial charge is 0.479 e. The third-order valence-electron chi connectivity index (χ3n) is 2.34. The van der Waals surface area contributed by atoms with E-state index in [0.29, 0.717) is 12.8 Å². The predicted octanol–water partition coefficient (Wildman–Crippen LogP) is 1.72. The summed E-state index contributed by atoms with van der Waals surface area (Å²) in [5.41, 5.74) is 0. The van der Waals surface area contributed by atoms with Crippen LogP contribution in [0.15, 0.2) is 29.2 Å². The van der Waals surface area contributed by atoms with Crippen LogP contribution in [0.5, 0.6) is 5.75 Å². The summed E-state index contributed by atoms with van der Waals surface area (Å²) < 4.78 is 28.0. The normalized spacial score (nSPS) is 13.0. The lowest BCUT2D eigenvalue weighted by Crippen LogP contribution is -2.26. The Bertz CT molecular complexity index is 521. The van der Waals surface area contributed by atoms with E-state index in [9.17, 15) is 13.2 Å². The molecule has 18 heavy (non-hydrogen) atoms. The van der Waals surface area contributed by atoms with Crippen molar-refractivity contribution in [2.24, 2.45) is 0 Å². The Labute approximate surface area is 106 Å². The molecule has 6 heteroatoms. The highest BCUT2D eigenvalue weighted by molar-refractivity contribution is 7.90. The van der Waals surface area contributed by atoms with E-state index in [1.807, 2.05) is 6.92 Å². The van der Waals surface area contributed by atoms with Crippen LogP contribution < -0.4 is 4.74 Å². The number of aliphatic carboxylic acids is 1. The van der Waals surface area contributed by atoms with Crippen molar-refractivity contribution in [2.75, 3.05) is 6.26 Å². The van der Waals surface area contributed by atoms with Gasteiger partial charge in [0, 0.05) is 6.26 Å². The molecule has 5 nitrogen and oxygen atoms in total. The van der Waals surface area contributed by atoms with Crippen LogP contribution in [0.25, 0.3) is 0 Å². The third kappa shape index (κ3) is 4.03. The zero-order valence-electron chi connectivity index (χ0n) is 10.3. The first-order chi connectivity index (χ1) is 8.34. The van der Waals surface area contributed by atoms with Gasteiger partial charge in [-0.1, -0.05) is 19.4 Å². The van der Waals surface area contributed by atoms with E-state index in [1.165, 1.54) is 18.2 Å². The molecule has 0 aliphatic carbocycles. The van der Waals surface area contributed by atoms with Gasteiger partial charge in [-0.2, -0.15) is 0 Å². The second kappa shape index (κ2) is 5.86. The average molecular weight is 272 g/mol. The number of hydrogen-bond acceptors (Lipinski definition) is 4. The molecule has 0 saturated carbocycles. The molecule has 1 atom stereocenters. The van der Waals surface area contributed by atoms with Gasteiger partial charge in [0.1, 0.15) is 5.75 Å². The Kier molecular flexibility index (Phi) is 4.72. The van der Waals surface area contributed by atoms with Gasteiger partial charge in [-0.05, 0) is 24.6 Å². The van der Waals surface area contributed by atoms with Gasteiger partial charge in [0.25, 0.3) is 0 Å². The highest BCUT2D eigenvalue weighted by Crippen LogP contribution is 2.19. The van der Waals surface area contributed by atoms with E-state index in [0.717, 1.165) is 6.26 Å². The SMILES string of the molecule is CCCC(Oc1cccc(S(C)(=O)=O)c1)C(=O)O. The minimum Gasteiger partial charge on any atom is -0.479 e. The molecule has 0 saturated heterocycles. The lowest BCUT2D eigenvalue weighted by molar-refractivity contribution is -0.145. The van der Waals surface area contributed by atoms with Crippen molar-refractivity contribution in [3.63, 3.8) is 0 Å². The maximum Gasteiger partial charge on any atom is 0.344 e. The Morgan fingerprint density at radius 2 is 2.11 bits per heavy atom. The van der Waals surface area contributed by atoms with Crippen molar-refractivity contribution in [3.8, 4) is 5.75 Å². The molecule has 0 spiro atoms. The van der Waals surface area contributed by atoms with Crippen LogP contribution in [0.4, 0.5) is 0 Å². The minimum atomic E-state index is -3.32. The smallest absolute Gasteiger partial charge is 0.344 e. The standard InChI is InChI=1S/C12H16O5S/c1-3-5-11(12(13)14)17-9-6-4-7-10(8-9)18(2,15)16/h4,6-8,11H,3,5H2,1-2H3,(H,13,14). The van der Waals surface area contributed by atoms with Crippen LogP contribution in [0.1, 0.15) is 19.8 Å². The minimum absolute atomic E-state index is 0.112. The topological polar surface area (TPSA) is 80.7 Å². The fourth-order valence-corrected chi connectivity index (χ4v) is 2.09. The van der Waals surface area contributed by atoms with Crippen molar-refractivity contribution < 1.29 is 23.1 Å². The van der Waals surface area contributed by atoms with Gasteiger partial charge in [0.15, 0.2) is 15.9 Å². The monoisotopic (exact) mass is 272 g/mol. The molecule has 0 bridgehead atoms. The molecule has 1 rings (SSSR count). The first kappa shape index (κ1) is 14.5. The Balaban J connectivity index is 2.94. The lowest BCUT2D eigenvalue weighted by Gasteiger charge is -2.14. The maximum atomic E-state index is 11.4. The fraction of sp³-hybridized carbons (Fsp3) is 0.417. The second-order valence-electron chi connectivity index (χ2n) is 3.98. The number of hydrogen-bond donors (Lipinski definition) is 1. The summed E-state index contributed by atoms with van der Waals surface area (Å²) in [6.45, 7) is 1.85. The van der Waals surface area contributed by atoms with Crippen LogP contribution >= 0.6 is 0 Å². The van der Waals surface area contributed by atoms with Gasteiger partial charge in [-0.3, -0.25) is 0 Å². The third-order valence-corrected chi connectivity index (χ3v) is 3.45.